The van der Waals surface area contributed by atoms with Crippen LogP contribution in [0.1, 0.15) is 145 Å². The molecule has 408 valence electrons. The number of carbonyl (C=O) groups excluding carboxylic acids is 6. The van der Waals surface area contributed by atoms with Crippen LogP contribution >= 0.6 is 0 Å². The zero-order valence-corrected chi connectivity index (χ0v) is 45.4. The van der Waals surface area contributed by atoms with Gasteiger partial charge in [0, 0.05) is 70.8 Å². The predicted octanol–water partition coefficient (Wildman–Crippen LogP) is 9.74. The highest BCUT2D eigenvalue weighted by Gasteiger charge is 2.31. The summed E-state index contributed by atoms with van der Waals surface area (Å²) in [7, 11) is 3.23. The number of fused-ring (bicyclic) bond motifs is 4. The van der Waals surface area contributed by atoms with Gasteiger partial charge in [0.1, 0.15) is 24.1 Å². The van der Waals surface area contributed by atoms with Crippen LogP contribution in [0.15, 0.2) is 95.2 Å². The van der Waals surface area contributed by atoms with E-state index in [1.165, 1.54) is 12.2 Å². The van der Waals surface area contributed by atoms with Gasteiger partial charge in [-0.1, -0.05) is 131 Å². The van der Waals surface area contributed by atoms with Gasteiger partial charge in [0.2, 0.25) is 0 Å². The third-order valence-corrected chi connectivity index (χ3v) is 14.3. The van der Waals surface area contributed by atoms with E-state index in [0.717, 1.165) is 48.0 Å². The van der Waals surface area contributed by atoms with Gasteiger partial charge in [-0.25, -0.2) is 9.59 Å². The number of carbonyl (C=O) groups is 4. The Bertz CT molecular complexity index is 2000. The van der Waals surface area contributed by atoms with Crippen LogP contribution in [0.4, 0.5) is 0 Å². The minimum Gasteiger partial charge on any atom is -0.460 e. The van der Waals surface area contributed by atoms with E-state index < -0.39 is 48.6 Å². The summed E-state index contributed by atoms with van der Waals surface area (Å²) in [4.78, 5) is 67.6. The van der Waals surface area contributed by atoms with E-state index in [4.69, 9.17) is 33.3 Å². The number of cyclic esters (lactones) is 1. The molecule has 3 rings (SSSR count). The van der Waals surface area contributed by atoms with Gasteiger partial charge in [-0.15, -0.1) is 0 Å². The van der Waals surface area contributed by atoms with Crippen LogP contribution < -0.4 is 0 Å². The Morgan fingerprint density at radius 1 is 0.740 bits per heavy atom. The first-order valence-corrected chi connectivity index (χ1v) is 26.3. The predicted molar refractivity (Wildman–Crippen MR) is 280 cm³/mol. The molecule has 14 heteroatoms. The molecule has 14 nitrogen and oxygen atoms in total. The molecule has 13 atom stereocenters. The molecule has 3 N–H and O–H groups in total. The molecular formula is C59H88O14. The van der Waals surface area contributed by atoms with Crippen molar-refractivity contribution >= 4 is 29.8 Å². The number of rotatable bonds is 4. The van der Waals surface area contributed by atoms with E-state index in [1.807, 2.05) is 83.2 Å². The summed E-state index contributed by atoms with van der Waals surface area (Å²) in [5.41, 5.74) is 3.55. The maximum Gasteiger partial charge on any atom is 0.373 e. The molecule has 13 unspecified atom stereocenters. The summed E-state index contributed by atoms with van der Waals surface area (Å²) in [6.45, 7) is 16.4. The van der Waals surface area contributed by atoms with Crippen molar-refractivity contribution in [3.63, 3.8) is 0 Å². The molecule has 0 amide bonds. The zero-order chi connectivity index (χ0) is 54.5. The first-order chi connectivity index (χ1) is 34.7. The average molecular weight is 1020 g/mol. The highest BCUT2D eigenvalue weighted by Crippen LogP contribution is 2.32. The van der Waals surface area contributed by atoms with Crippen molar-refractivity contribution < 1.29 is 67.8 Å². The highest BCUT2D eigenvalue weighted by molar-refractivity contribution is 5.88. The van der Waals surface area contributed by atoms with Gasteiger partial charge < -0.3 is 39.0 Å². The SMILES string of the molecule is CCC1C/C=C/C=C\CC(=O)CC2=CC(=O)OC(C2)CC(OC)C(C)CCC(C)C(C)C(O)CC(O)/C=C/CC2=CC(=O)OC(C=C(C)CC(COC)OC(=O)CC(C)/C=C/C=C(/C)CC(O)C1)C2C.O=C=O. The summed E-state index contributed by atoms with van der Waals surface area (Å²) in [6.07, 6.45) is 25.6. The van der Waals surface area contributed by atoms with Crippen molar-refractivity contribution in [2.24, 2.45) is 35.5 Å². The number of esters is 3. The van der Waals surface area contributed by atoms with Crippen molar-refractivity contribution in [3.8, 4) is 0 Å². The molecule has 0 aromatic carbocycles. The van der Waals surface area contributed by atoms with Crippen LogP contribution in [0.5, 0.6) is 0 Å². The van der Waals surface area contributed by atoms with Crippen molar-refractivity contribution in [2.75, 3.05) is 20.8 Å². The largest absolute Gasteiger partial charge is 0.460 e. The van der Waals surface area contributed by atoms with Gasteiger partial charge in [0.25, 0.3) is 0 Å². The maximum atomic E-state index is 13.1. The first-order valence-electron chi connectivity index (χ1n) is 26.3. The second-order valence-corrected chi connectivity index (χ2v) is 20.7. The number of hydrogen-bond donors (Lipinski definition) is 3. The van der Waals surface area contributed by atoms with Gasteiger partial charge in [0.05, 0.1) is 37.4 Å². The van der Waals surface area contributed by atoms with Crippen molar-refractivity contribution in [1.82, 2.24) is 0 Å². The molecule has 3 aliphatic heterocycles. The van der Waals surface area contributed by atoms with E-state index in [1.54, 1.807) is 20.3 Å². The maximum absolute atomic E-state index is 13.1. The van der Waals surface area contributed by atoms with Gasteiger partial charge >= 0.3 is 24.1 Å². The van der Waals surface area contributed by atoms with E-state index >= 15 is 0 Å². The van der Waals surface area contributed by atoms with E-state index in [2.05, 4.69) is 26.8 Å². The molecule has 0 aromatic rings. The molecule has 3 heterocycles. The van der Waals surface area contributed by atoms with E-state index in [0.29, 0.717) is 44.4 Å². The molecule has 3 aliphatic rings. The molecule has 4 bridgehead atoms. The minimum atomic E-state index is -0.880. The number of aliphatic hydroxyl groups excluding tert-OH is 3. The zero-order valence-electron chi connectivity index (χ0n) is 45.4. The molecule has 73 heavy (non-hydrogen) atoms. The average Bonchev–Trinajstić information content (AvgIpc) is 3.31. The first kappa shape index (κ1) is 64.3. The normalized spacial score (nSPS) is 34.6. The Hall–Kier alpha value is -4.82. The number of aliphatic hydroxyl groups is 3. The number of methoxy groups -OCH3 is 2. The Labute approximate surface area is 435 Å². The Morgan fingerprint density at radius 3 is 2.11 bits per heavy atom. The fourth-order valence-electron chi connectivity index (χ4n) is 9.57. The molecule has 0 spiro atoms. The fourth-order valence-corrected chi connectivity index (χ4v) is 9.57. The van der Waals surface area contributed by atoms with Crippen molar-refractivity contribution in [1.29, 1.82) is 0 Å². The standard InChI is InChI=1S/C58H88O12.CO2/c1-11-45-20-14-12-13-15-22-48(59)31-46-32-51(68-57(64)33-46)36-54(67-10)42(6)25-24-41(5)43(7)53(62)35-49(60)23-17-21-47-34-58(65)70-55(44(47)8)28-40(4)27-52(37-66-9)69-56(63)29-39(3)19-16-18-38(2)26-50(61)30-45;2-1-3/h12-19,23,28,33-34,39,41-45,49-55,60-62H,11,20-22,24-27,29-32,35-37H2,1-10H3;/b14-12+,15-13-,19-16+,23-17+,38-18-,40-28?;. The summed E-state index contributed by atoms with van der Waals surface area (Å²) in [5, 5.41) is 33.0. The second kappa shape index (κ2) is 35.4. The topological polar surface area (TPSA) is 209 Å². The minimum absolute atomic E-state index is 0.0207. The lowest BCUT2D eigenvalue weighted by atomic mass is 9.82. The summed E-state index contributed by atoms with van der Waals surface area (Å²) in [6, 6.07) is 0. The highest BCUT2D eigenvalue weighted by atomic mass is 16.6. The number of ketones is 1. The molecule has 0 fully saturated rings. The summed E-state index contributed by atoms with van der Waals surface area (Å²) < 4.78 is 28.6. The van der Waals surface area contributed by atoms with E-state index in [9.17, 15) is 34.5 Å². The lowest BCUT2D eigenvalue weighted by Crippen LogP contribution is -2.32. The molecule has 0 radical (unpaired) electrons. The Kier molecular flexibility index (Phi) is 31.2. The summed E-state index contributed by atoms with van der Waals surface area (Å²) >= 11 is 0. The third kappa shape index (κ3) is 26.3. The fraction of sp³-hybridized carbons (Fsp3) is 0.644. The van der Waals surface area contributed by atoms with E-state index in [-0.39, 0.29) is 85.9 Å². The number of hydrogen-bond acceptors (Lipinski definition) is 14. The second-order valence-electron chi connectivity index (χ2n) is 20.7. The molecule has 0 saturated heterocycles. The number of ether oxygens (including phenoxy) is 5. The number of Topliss-reactive ketones (excluding diaryl/α,β-unsaturated/α-hetero) is 1. The third-order valence-electron chi connectivity index (χ3n) is 14.3. The van der Waals surface area contributed by atoms with Crippen LogP contribution in [0, 0.1) is 35.5 Å². The van der Waals surface area contributed by atoms with Gasteiger partial charge in [-0.2, -0.15) is 9.59 Å². The molecular weight excluding hydrogens is 933 g/mol. The smallest absolute Gasteiger partial charge is 0.373 e. The Balaban J connectivity index is 0.00000593. The van der Waals surface area contributed by atoms with Gasteiger partial charge in [-0.3, -0.25) is 9.59 Å². The molecule has 0 aliphatic carbocycles. The van der Waals surface area contributed by atoms with Gasteiger partial charge in [0.15, 0.2) is 0 Å². The summed E-state index contributed by atoms with van der Waals surface area (Å²) in [5.74, 6) is -0.933. The van der Waals surface area contributed by atoms with Crippen LogP contribution in [-0.4, -0.2) is 109 Å². The van der Waals surface area contributed by atoms with Crippen LogP contribution in [0.3, 0.4) is 0 Å². The Morgan fingerprint density at radius 2 is 1.42 bits per heavy atom. The van der Waals surface area contributed by atoms with Crippen LogP contribution in [0.25, 0.3) is 0 Å². The van der Waals surface area contributed by atoms with Crippen molar-refractivity contribution in [2.45, 2.75) is 188 Å². The molecule has 0 saturated carbocycles. The van der Waals surface area contributed by atoms with Crippen LogP contribution in [0.2, 0.25) is 0 Å². The lowest BCUT2D eigenvalue weighted by molar-refractivity contribution is -0.192. The van der Waals surface area contributed by atoms with Crippen molar-refractivity contribution in [3.05, 3.63) is 95.2 Å². The monoisotopic (exact) mass is 1020 g/mol. The van der Waals surface area contributed by atoms with Gasteiger partial charge in [-0.05, 0) is 81.6 Å². The van der Waals surface area contributed by atoms with Crippen LogP contribution in [-0.2, 0) is 52.5 Å². The quantitative estimate of drug-likeness (QED) is 0.136. The lowest BCUT2D eigenvalue weighted by Gasteiger charge is -2.31. The molecule has 0 aromatic heterocycles. The number of allylic oxidation sites excluding steroid dienone is 8.